The second kappa shape index (κ2) is 5.21. The molecule has 0 saturated heterocycles. The molecule has 0 bridgehead atoms. The normalized spacial score (nSPS) is 17.9. The summed E-state index contributed by atoms with van der Waals surface area (Å²) in [6, 6.07) is 6.41. The summed E-state index contributed by atoms with van der Waals surface area (Å²) in [5, 5.41) is 0. The van der Waals surface area contributed by atoms with Gasteiger partial charge in [-0.25, -0.2) is 8.42 Å². The average molecular weight is 345 g/mol. The molecule has 2 nitrogen and oxygen atoms in total. The Kier molecular flexibility index (Phi) is 4.12. The van der Waals surface area contributed by atoms with Gasteiger partial charge in [-0.05, 0) is 56.2 Å². The SMILES string of the molecule is CC(C)(C(Br)c1ccc2c(c1)CCCC2)S(C)(=O)=O. The average Bonchev–Trinajstić information content (AvgIpc) is 2.36. The van der Waals surface area contributed by atoms with Crippen molar-refractivity contribution in [3.05, 3.63) is 34.9 Å². The molecule has 0 amide bonds. The Labute approximate surface area is 124 Å². The largest absolute Gasteiger partial charge is 0.229 e. The van der Waals surface area contributed by atoms with E-state index in [0.29, 0.717) is 0 Å². The molecule has 0 fully saturated rings. The lowest BCUT2D eigenvalue weighted by atomic mass is 9.89. The van der Waals surface area contributed by atoms with Gasteiger partial charge in [-0.2, -0.15) is 0 Å². The molecule has 0 spiro atoms. The molecule has 1 aliphatic carbocycles. The van der Waals surface area contributed by atoms with Gasteiger partial charge in [-0.1, -0.05) is 34.1 Å². The molecule has 106 valence electrons. The maximum absolute atomic E-state index is 11.9. The van der Waals surface area contributed by atoms with Crippen LogP contribution in [0.1, 0.15) is 48.2 Å². The summed E-state index contributed by atoms with van der Waals surface area (Å²) in [4.78, 5) is -0.178. The van der Waals surface area contributed by atoms with Gasteiger partial charge in [-0.15, -0.1) is 0 Å². The maximum Gasteiger partial charge on any atom is 0.154 e. The number of alkyl halides is 1. The highest BCUT2D eigenvalue weighted by atomic mass is 79.9. The maximum atomic E-state index is 11.9. The van der Waals surface area contributed by atoms with E-state index < -0.39 is 14.6 Å². The molecule has 4 heteroatoms. The van der Waals surface area contributed by atoms with Crippen molar-refractivity contribution < 1.29 is 8.42 Å². The van der Waals surface area contributed by atoms with E-state index in [2.05, 4.69) is 34.1 Å². The molecular weight excluding hydrogens is 324 g/mol. The highest BCUT2D eigenvalue weighted by Gasteiger charge is 2.38. The monoisotopic (exact) mass is 344 g/mol. The van der Waals surface area contributed by atoms with Crippen LogP contribution in [0.2, 0.25) is 0 Å². The minimum Gasteiger partial charge on any atom is -0.229 e. The number of halogens is 1. The van der Waals surface area contributed by atoms with Crippen LogP contribution in [0.25, 0.3) is 0 Å². The molecular formula is C15H21BrO2S. The molecule has 0 heterocycles. The molecule has 1 atom stereocenters. The number of hydrogen-bond donors (Lipinski definition) is 0. The van der Waals surface area contributed by atoms with E-state index in [1.165, 1.54) is 30.2 Å². The van der Waals surface area contributed by atoms with E-state index in [1.807, 2.05) is 0 Å². The van der Waals surface area contributed by atoms with Crippen LogP contribution in [0.5, 0.6) is 0 Å². The van der Waals surface area contributed by atoms with E-state index in [0.717, 1.165) is 18.4 Å². The third-order valence-corrected chi connectivity index (χ3v) is 8.35. The van der Waals surface area contributed by atoms with Crippen molar-refractivity contribution >= 4 is 25.8 Å². The molecule has 0 aliphatic heterocycles. The van der Waals surface area contributed by atoms with Crippen LogP contribution < -0.4 is 0 Å². The Morgan fingerprint density at radius 2 is 1.74 bits per heavy atom. The van der Waals surface area contributed by atoms with Crippen LogP contribution in [0.15, 0.2) is 18.2 Å². The smallest absolute Gasteiger partial charge is 0.154 e. The number of aryl methyl sites for hydroxylation is 2. The van der Waals surface area contributed by atoms with Gasteiger partial charge >= 0.3 is 0 Å². The standard InChI is InChI=1S/C15H21BrO2S/c1-15(2,19(3,17)18)14(16)13-9-8-11-6-4-5-7-12(11)10-13/h8-10,14H,4-7H2,1-3H3. The number of hydrogen-bond acceptors (Lipinski definition) is 2. The zero-order chi connectivity index (χ0) is 14.3. The fourth-order valence-corrected chi connectivity index (χ4v) is 4.32. The molecule has 0 aromatic heterocycles. The fraction of sp³-hybridized carbons (Fsp3) is 0.600. The topological polar surface area (TPSA) is 34.1 Å². The first-order chi connectivity index (χ1) is 8.73. The Morgan fingerprint density at radius 1 is 1.16 bits per heavy atom. The lowest BCUT2D eigenvalue weighted by Crippen LogP contribution is -2.35. The molecule has 0 N–H and O–H groups in total. The van der Waals surface area contributed by atoms with E-state index in [4.69, 9.17) is 0 Å². The summed E-state index contributed by atoms with van der Waals surface area (Å²) < 4.78 is 23.0. The second-order valence-corrected chi connectivity index (χ2v) is 9.49. The van der Waals surface area contributed by atoms with Gasteiger partial charge in [0.15, 0.2) is 9.84 Å². The molecule has 19 heavy (non-hydrogen) atoms. The lowest BCUT2D eigenvalue weighted by Gasteiger charge is -2.29. The first-order valence-electron chi connectivity index (χ1n) is 6.69. The number of benzene rings is 1. The molecule has 0 saturated carbocycles. The molecule has 1 aromatic carbocycles. The van der Waals surface area contributed by atoms with Crippen molar-refractivity contribution in [2.45, 2.75) is 49.1 Å². The van der Waals surface area contributed by atoms with Gasteiger partial charge in [0.1, 0.15) is 0 Å². The predicted molar refractivity (Wildman–Crippen MR) is 83.7 cm³/mol. The van der Waals surface area contributed by atoms with Crippen molar-refractivity contribution in [2.75, 3.05) is 6.26 Å². The minimum absolute atomic E-state index is 0.178. The fourth-order valence-electron chi connectivity index (χ4n) is 2.50. The predicted octanol–water partition coefficient (Wildman–Crippen LogP) is 3.82. The van der Waals surface area contributed by atoms with Crippen LogP contribution >= 0.6 is 15.9 Å². The Balaban J connectivity index is 2.37. The molecule has 0 radical (unpaired) electrons. The lowest BCUT2D eigenvalue weighted by molar-refractivity contribution is 0.548. The number of rotatable bonds is 3. The Hall–Kier alpha value is -0.350. The second-order valence-electron chi connectivity index (χ2n) is 5.97. The summed E-state index contributed by atoms with van der Waals surface area (Å²) in [7, 11) is -3.12. The molecule has 2 rings (SSSR count). The van der Waals surface area contributed by atoms with Crippen molar-refractivity contribution in [1.29, 1.82) is 0 Å². The number of fused-ring (bicyclic) bond motifs is 1. The van der Waals surface area contributed by atoms with Crippen LogP contribution in [-0.2, 0) is 22.7 Å². The summed E-state index contributed by atoms with van der Waals surface area (Å²) in [6.45, 7) is 3.56. The summed E-state index contributed by atoms with van der Waals surface area (Å²) in [5.41, 5.74) is 3.88. The Bertz CT molecular complexity index is 576. The van der Waals surface area contributed by atoms with Crippen molar-refractivity contribution in [2.24, 2.45) is 0 Å². The van der Waals surface area contributed by atoms with E-state index >= 15 is 0 Å². The zero-order valence-electron chi connectivity index (χ0n) is 11.7. The van der Waals surface area contributed by atoms with Gasteiger partial charge in [0.25, 0.3) is 0 Å². The molecule has 1 aromatic rings. The van der Waals surface area contributed by atoms with Crippen molar-refractivity contribution in [1.82, 2.24) is 0 Å². The third-order valence-electron chi connectivity index (χ3n) is 4.23. The van der Waals surface area contributed by atoms with Crippen LogP contribution in [0.3, 0.4) is 0 Å². The highest BCUT2D eigenvalue weighted by molar-refractivity contribution is 9.09. The van der Waals surface area contributed by atoms with Gasteiger partial charge in [0.2, 0.25) is 0 Å². The summed E-state index contributed by atoms with van der Waals surface area (Å²) in [6.07, 6.45) is 6.07. The Morgan fingerprint density at radius 3 is 2.32 bits per heavy atom. The van der Waals surface area contributed by atoms with Gasteiger partial charge < -0.3 is 0 Å². The van der Waals surface area contributed by atoms with Crippen LogP contribution in [0.4, 0.5) is 0 Å². The van der Waals surface area contributed by atoms with E-state index in [1.54, 1.807) is 13.8 Å². The van der Waals surface area contributed by atoms with Crippen LogP contribution in [-0.4, -0.2) is 19.4 Å². The van der Waals surface area contributed by atoms with Gasteiger partial charge in [0.05, 0.1) is 9.57 Å². The minimum atomic E-state index is -3.12. The van der Waals surface area contributed by atoms with Gasteiger partial charge in [0, 0.05) is 6.26 Å². The van der Waals surface area contributed by atoms with Crippen molar-refractivity contribution in [3.63, 3.8) is 0 Å². The highest BCUT2D eigenvalue weighted by Crippen LogP contribution is 2.40. The summed E-state index contributed by atoms with van der Waals surface area (Å²) >= 11 is 3.59. The van der Waals surface area contributed by atoms with Crippen LogP contribution in [0, 0.1) is 0 Å². The number of sulfone groups is 1. The van der Waals surface area contributed by atoms with E-state index in [9.17, 15) is 8.42 Å². The molecule has 1 unspecified atom stereocenters. The third kappa shape index (κ3) is 2.89. The summed E-state index contributed by atoms with van der Waals surface area (Å²) in [5.74, 6) is 0. The quantitative estimate of drug-likeness (QED) is 0.781. The molecule has 1 aliphatic rings. The zero-order valence-corrected chi connectivity index (χ0v) is 14.1. The van der Waals surface area contributed by atoms with Gasteiger partial charge in [-0.3, -0.25) is 0 Å². The first kappa shape index (κ1) is 15.0. The van der Waals surface area contributed by atoms with E-state index in [-0.39, 0.29) is 4.83 Å². The van der Waals surface area contributed by atoms with Crippen molar-refractivity contribution in [3.8, 4) is 0 Å². The first-order valence-corrected chi connectivity index (χ1v) is 9.49.